The van der Waals surface area contributed by atoms with Gasteiger partial charge in [-0.15, -0.1) is 0 Å². The minimum Gasteiger partial charge on any atom is -0.449 e. The number of nitriles is 1. The molecule has 1 aromatic heterocycles. The summed E-state index contributed by atoms with van der Waals surface area (Å²) in [5.74, 6) is -0.0185. The number of carbonyl (C=O) groups is 1. The number of hydrogen-bond acceptors (Lipinski definition) is 3. The van der Waals surface area contributed by atoms with Gasteiger partial charge in [-0.05, 0) is 37.9 Å². The molecule has 0 aliphatic rings. The Bertz CT molecular complexity index is 438. The highest BCUT2D eigenvalue weighted by Gasteiger charge is 2.09. The van der Waals surface area contributed by atoms with Crippen molar-refractivity contribution in [2.24, 2.45) is 0 Å². The van der Waals surface area contributed by atoms with Gasteiger partial charge in [0.1, 0.15) is 17.4 Å². The fourth-order valence-electron chi connectivity index (χ4n) is 0.860. The third-order valence-corrected chi connectivity index (χ3v) is 3.25. The lowest BCUT2D eigenvalue weighted by Crippen LogP contribution is -2.18. The highest BCUT2D eigenvalue weighted by Crippen LogP contribution is 2.27. The standard InChI is InChI=1S/C9H6Br2N2O2/c1-13-9(14)5(4-12)2-6-3-7(10)8(11)15-6/h2-3H,1H3,(H,13,14). The molecule has 1 heterocycles. The number of amides is 1. The highest BCUT2D eigenvalue weighted by atomic mass is 79.9. The molecular weight excluding hydrogens is 328 g/mol. The molecule has 0 saturated carbocycles. The first-order chi connectivity index (χ1) is 7.08. The summed E-state index contributed by atoms with van der Waals surface area (Å²) in [6.07, 6.45) is 1.37. The van der Waals surface area contributed by atoms with E-state index in [0.29, 0.717) is 10.4 Å². The van der Waals surface area contributed by atoms with Crippen LogP contribution >= 0.6 is 31.9 Å². The van der Waals surface area contributed by atoms with Gasteiger partial charge in [-0.2, -0.15) is 5.26 Å². The second-order valence-electron chi connectivity index (χ2n) is 2.52. The number of nitrogens with zero attached hydrogens (tertiary/aromatic N) is 1. The molecule has 0 radical (unpaired) electrons. The highest BCUT2D eigenvalue weighted by molar-refractivity contribution is 9.13. The van der Waals surface area contributed by atoms with Gasteiger partial charge in [-0.25, -0.2) is 0 Å². The molecule has 0 aromatic carbocycles. The third kappa shape index (κ3) is 2.94. The maximum Gasteiger partial charge on any atom is 0.261 e. The van der Waals surface area contributed by atoms with Crippen LogP contribution in [0, 0.1) is 11.3 Å². The summed E-state index contributed by atoms with van der Waals surface area (Å²) in [7, 11) is 1.46. The van der Waals surface area contributed by atoms with Gasteiger partial charge in [0.2, 0.25) is 0 Å². The average molecular weight is 334 g/mol. The van der Waals surface area contributed by atoms with E-state index in [1.165, 1.54) is 13.1 Å². The molecule has 1 N–H and O–H groups in total. The molecule has 0 bridgehead atoms. The fraction of sp³-hybridized carbons (Fsp3) is 0.111. The van der Waals surface area contributed by atoms with Gasteiger partial charge >= 0.3 is 0 Å². The number of carbonyl (C=O) groups excluding carboxylic acids is 1. The minimum atomic E-state index is -0.443. The van der Waals surface area contributed by atoms with Crippen molar-refractivity contribution in [1.29, 1.82) is 5.26 Å². The predicted octanol–water partition coefficient (Wildman–Crippen LogP) is 2.46. The van der Waals surface area contributed by atoms with Crippen LogP contribution in [0.25, 0.3) is 6.08 Å². The molecule has 0 aliphatic carbocycles. The topological polar surface area (TPSA) is 66.0 Å². The summed E-state index contributed by atoms with van der Waals surface area (Å²) in [6, 6.07) is 3.45. The zero-order valence-electron chi connectivity index (χ0n) is 7.67. The second-order valence-corrected chi connectivity index (χ2v) is 4.09. The van der Waals surface area contributed by atoms with E-state index in [0.717, 1.165) is 4.47 Å². The lowest BCUT2D eigenvalue weighted by atomic mass is 10.2. The molecule has 0 aliphatic heterocycles. The first-order valence-electron chi connectivity index (χ1n) is 3.87. The largest absolute Gasteiger partial charge is 0.449 e. The van der Waals surface area contributed by atoms with Crippen molar-refractivity contribution in [2.75, 3.05) is 7.05 Å². The Labute approximate surface area is 103 Å². The van der Waals surface area contributed by atoms with Crippen LogP contribution in [-0.2, 0) is 4.79 Å². The van der Waals surface area contributed by atoms with Gasteiger partial charge in [-0.3, -0.25) is 4.79 Å². The van der Waals surface area contributed by atoms with Gasteiger partial charge < -0.3 is 9.73 Å². The van der Waals surface area contributed by atoms with E-state index in [2.05, 4.69) is 37.2 Å². The molecule has 0 fully saturated rings. The molecule has 15 heavy (non-hydrogen) atoms. The third-order valence-electron chi connectivity index (χ3n) is 1.54. The van der Waals surface area contributed by atoms with E-state index >= 15 is 0 Å². The van der Waals surface area contributed by atoms with Crippen LogP contribution in [-0.4, -0.2) is 13.0 Å². The zero-order chi connectivity index (χ0) is 11.4. The van der Waals surface area contributed by atoms with Crippen molar-refractivity contribution >= 4 is 43.8 Å². The lowest BCUT2D eigenvalue weighted by molar-refractivity contribution is -0.116. The number of rotatable bonds is 2. The molecule has 0 saturated heterocycles. The van der Waals surface area contributed by atoms with Crippen LogP contribution in [0.3, 0.4) is 0 Å². The van der Waals surface area contributed by atoms with Crippen LogP contribution in [0.1, 0.15) is 5.76 Å². The van der Waals surface area contributed by atoms with Crippen LogP contribution < -0.4 is 5.32 Å². The number of likely N-dealkylation sites (N-methyl/N-ethyl adjacent to an activating group) is 1. The predicted molar refractivity (Wildman–Crippen MR) is 61.8 cm³/mol. The molecule has 4 nitrogen and oxygen atoms in total. The second kappa shape index (κ2) is 5.14. The Hall–Kier alpha value is -1.06. The van der Waals surface area contributed by atoms with Gasteiger partial charge in [0.25, 0.3) is 5.91 Å². The van der Waals surface area contributed by atoms with E-state index in [9.17, 15) is 4.79 Å². The van der Waals surface area contributed by atoms with Gasteiger partial charge in [-0.1, -0.05) is 0 Å². The Balaban J connectivity index is 3.05. The van der Waals surface area contributed by atoms with Crippen molar-refractivity contribution in [3.05, 3.63) is 26.5 Å². The summed E-state index contributed by atoms with van der Waals surface area (Å²) in [5, 5.41) is 11.1. The van der Waals surface area contributed by atoms with E-state index in [4.69, 9.17) is 9.68 Å². The Morgan fingerprint density at radius 3 is 2.73 bits per heavy atom. The smallest absolute Gasteiger partial charge is 0.261 e. The SMILES string of the molecule is CNC(=O)C(C#N)=Cc1cc(Br)c(Br)o1. The van der Waals surface area contributed by atoms with Crippen molar-refractivity contribution in [3.63, 3.8) is 0 Å². The lowest BCUT2D eigenvalue weighted by Gasteiger charge is -1.94. The summed E-state index contributed by atoms with van der Waals surface area (Å²) < 4.78 is 6.45. The van der Waals surface area contributed by atoms with Crippen molar-refractivity contribution in [1.82, 2.24) is 5.32 Å². The maximum absolute atomic E-state index is 11.2. The van der Waals surface area contributed by atoms with E-state index in [1.54, 1.807) is 12.1 Å². The quantitative estimate of drug-likeness (QED) is 0.667. The summed E-state index contributed by atoms with van der Waals surface area (Å²) >= 11 is 6.38. The first kappa shape index (κ1) is 12.0. The van der Waals surface area contributed by atoms with E-state index in [-0.39, 0.29) is 5.57 Å². The zero-order valence-corrected chi connectivity index (χ0v) is 10.8. The van der Waals surface area contributed by atoms with Crippen LogP contribution in [0.4, 0.5) is 0 Å². The monoisotopic (exact) mass is 332 g/mol. The summed E-state index contributed by atoms with van der Waals surface area (Å²) in [4.78, 5) is 11.2. The van der Waals surface area contributed by atoms with Gasteiger partial charge in [0, 0.05) is 13.1 Å². The number of hydrogen-bond donors (Lipinski definition) is 1. The molecule has 0 atom stereocenters. The van der Waals surface area contributed by atoms with Crippen LogP contribution in [0.5, 0.6) is 0 Å². The summed E-state index contributed by atoms with van der Waals surface area (Å²) in [5.41, 5.74) is -0.00810. The Kier molecular flexibility index (Phi) is 4.12. The Morgan fingerprint density at radius 1 is 1.67 bits per heavy atom. The fourth-order valence-corrected chi connectivity index (χ4v) is 1.47. The average Bonchev–Trinajstić information content (AvgIpc) is 2.53. The molecular formula is C9H6Br2N2O2. The van der Waals surface area contributed by atoms with Crippen molar-refractivity contribution in [3.8, 4) is 6.07 Å². The van der Waals surface area contributed by atoms with E-state index in [1.807, 2.05) is 0 Å². The van der Waals surface area contributed by atoms with E-state index < -0.39 is 5.91 Å². The van der Waals surface area contributed by atoms with Crippen LogP contribution in [0.15, 0.2) is 25.2 Å². The Morgan fingerprint density at radius 2 is 2.33 bits per heavy atom. The number of furan rings is 1. The molecule has 6 heteroatoms. The number of nitrogens with one attached hydrogen (secondary N) is 1. The molecule has 0 spiro atoms. The van der Waals surface area contributed by atoms with Gasteiger partial charge in [0.05, 0.1) is 4.47 Å². The van der Waals surface area contributed by atoms with Crippen molar-refractivity contribution < 1.29 is 9.21 Å². The normalized spacial score (nSPS) is 10.9. The first-order valence-corrected chi connectivity index (χ1v) is 5.45. The van der Waals surface area contributed by atoms with Crippen LogP contribution in [0.2, 0.25) is 0 Å². The molecule has 1 amide bonds. The molecule has 1 rings (SSSR count). The molecule has 1 aromatic rings. The minimum absolute atomic E-state index is 0.00810. The molecule has 0 unspecified atom stereocenters. The van der Waals surface area contributed by atoms with Crippen molar-refractivity contribution in [2.45, 2.75) is 0 Å². The summed E-state index contributed by atoms with van der Waals surface area (Å²) in [6.45, 7) is 0. The maximum atomic E-state index is 11.2. The number of halogens is 2. The van der Waals surface area contributed by atoms with Gasteiger partial charge in [0.15, 0.2) is 4.67 Å². The molecule has 78 valence electrons.